The van der Waals surface area contributed by atoms with Gasteiger partial charge in [0.05, 0.1) is 5.69 Å². The van der Waals surface area contributed by atoms with Crippen LogP contribution in [0, 0.1) is 11.7 Å². The molecule has 2 aromatic rings. The van der Waals surface area contributed by atoms with Gasteiger partial charge in [-0.1, -0.05) is 0 Å². The quantitative estimate of drug-likeness (QED) is 0.834. The Bertz CT molecular complexity index is 864. The molecule has 4 heterocycles. The van der Waals surface area contributed by atoms with Crippen LogP contribution in [0.25, 0.3) is 11.3 Å². The molecule has 1 N–H and O–H groups in total. The van der Waals surface area contributed by atoms with Crippen molar-refractivity contribution in [3.05, 3.63) is 41.8 Å². The minimum atomic E-state index is -0.338. The standard InChI is InChI=1S/C22H29FN4O2/c1-14(2)24-22(28)29-13-18-10-16-8-9-27(18)12-19(16)21-11-20(25-26(21)3)15-4-6-17(23)7-5-15/h4-7,11,14,16,18-19H,8-10,12-13H2,1-3H3,(H,24,28)/t16-,18-,19+/m1/s1. The van der Waals surface area contributed by atoms with Crippen LogP contribution < -0.4 is 5.32 Å². The van der Waals surface area contributed by atoms with E-state index >= 15 is 0 Å². The van der Waals surface area contributed by atoms with E-state index in [4.69, 9.17) is 4.74 Å². The van der Waals surface area contributed by atoms with E-state index in [0.29, 0.717) is 18.4 Å². The maximum Gasteiger partial charge on any atom is 0.407 e. The molecule has 3 fully saturated rings. The monoisotopic (exact) mass is 400 g/mol. The van der Waals surface area contributed by atoms with Gasteiger partial charge >= 0.3 is 6.09 Å². The fraction of sp³-hybridized carbons (Fsp3) is 0.545. The maximum absolute atomic E-state index is 13.2. The van der Waals surface area contributed by atoms with E-state index in [0.717, 1.165) is 37.2 Å². The predicted octanol–water partition coefficient (Wildman–Crippen LogP) is 3.54. The summed E-state index contributed by atoms with van der Waals surface area (Å²) in [7, 11) is 1.98. The number of aromatic nitrogens is 2. The molecule has 1 unspecified atom stereocenters. The summed E-state index contributed by atoms with van der Waals surface area (Å²) in [5.74, 6) is 0.729. The fourth-order valence-corrected chi connectivity index (χ4v) is 4.69. The lowest BCUT2D eigenvalue weighted by atomic mass is 9.74. The summed E-state index contributed by atoms with van der Waals surface area (Å²) < 4.78 is 20.6. The topological polar surface area (TPSA) is 59.4 Å². The molecule has 29 heavy (non-hydrogen) atoms. The third kappa shape index (κ3) is 4.29. The molecule has 0 aliphatic carbocycles. The second-order valence-electron chi connectivity index (χ2n) is 8.52. The number of amides is 1. The van der Waals surface area contributed by atoms with E-state index in [9.17, 15) is 9.18 Å². The van der Waals surface area contributed by atoms with Gasteiger partial charge in [0.2, 0.25) is 0 Å². The van der Waals surface area contributed by atoms with Crippen molar-refractivity contribution < 1.29 is 13.9 Å². The number of fused-ring (bicyclic) bond motifs is 3. The number of aryl methyl sites for hydroxylation is 1. The maximum atomic E-state index is 13.2. The number of benzene rings is 1. The third-order valence-electron chi connectivity index (χ3n) is 6.13. The van der Waals surface area contributed by atoms with Crippen molar-refractivity contribution >= 4 is 6.09 Å². The van der Waals surface area contributed by atoms with Crippen molar-refractivity contribution in [2.45, 2.75) is 44.7 Å². The number of hydrogen-bond donors (Lipinski definition) is 1. The summed E-state index contributed by atoms with van der Waals surface area (Å²) in [5, 5.41) is 7.45. The molecule has 1 aromatic carbocycles. The van der Waals surface area contributed by atoms with Crippen LogP contribution in [-0.2, 0) is 11.8 Å². The number of ether oxygens (including phenoxy) is 1. The predicted molar refractivity (Wildman–Crippen MR) is 109 cm³/mol. The van der Waals surface area contributed by atoms with E-state index < -0.39 is 0 Å². The summed E-state index contributed by atoms with van der Waals surface area (Å²) in [6, 6.07) is 8.99. The number of hydrogen-bond acceptors (Lipinski definition) is 4. The highest BCUT2D eigenvalue weighted by atomic mass is 19.1. The van der Waals surface area contributed by atoms with Gasteiger partial charge in [0.25, 0.3) is 0 Å². The number of nitrogens with zero attached hydrogens (tertiary/aromatic N) is 3. The highest BCUT2D eigenvalue weighted by Gasteiger charge is 2.42. The van der Waals surface area contributed by atoms with Crippen LogP contribution in [0.15, 0.2) is 30.3 Å². The molecule has 5 rings (SSSR count). The van der Waals surface area contributed by atoms with E-state index in [1.807, 2.05) is 25.6 Å². The number of rotatable bonds is 5. The molecule has 3 aliphatic heterocycles. The molecule has 7 heteroatoms. The highest BCUT2D eigenvalue weighted by molar-refractivity contribution is 5.67. The first-order valence-corrected chi connectivity index (χ1v) is 10.4. The van der Waals surface area contributed by atoms with Gasteiger partial charge in [0, 0.05) is 42.9 Å². The molecule has 0 spiro atoms. The van der Waals surface area contributed by atoms with Crippen molar-refractivity contribution in [2.75, 3.05) is 19.7 Å². The smallest absolute Gasteiger partial charge is 0.407 e. The van der Waals surface area contributed by atoms with E-state index in [2.05, 4.69) is 21.4 Å². The first-order chi connectivity index (χ1) is 13.9. The Kier molecular flexibility index (Phi) is 5.58. The molecule has 3 aliphatic rings. The number of nitrogens with one attached hydrogen (secondary N) is 1. The molecule has 0 saturated carbocycles. The number of piperidine rings is 3. The summed E-state index contributed by atoms with van der Waals surface area (Å²) in [6.45, 7) is 6.28. The molecular formula is C22H29FN4O2. The molecular weight excluding hydrogens is 371 g/mol. The molecule has 3 saturated heterocycles. The minimum absolute atomic E-state index is 0.0788. The van der Waals surface area contributed by atoms with Crippen LogP contribution in [0.2, 0.25) is 0 Å². The van der Waals surface area contributed by atoms with Gasteiger partial charge in [-0.25, -0.2) is 9.18 Å². The Morgan fingerprint density at radius 1 is 1.34 bits per heavy atom. The van der Waals surface area contributed by atoms with Crippen molar-refractivity contribution in [3.63, 3.8) is 0 Å². The highest BCUT2D eigenvalue weighted by Crippen LogP contribution is 2.42. The van der Waals surface area contributed by atoms with Crippen LogP contribution in [0.5, 0.6) is 0 Å². The first-order valence-electron chi connectivity index (χ1n) is 10.4. The lowest BCUT2D eigenvalue weighted by molar-refractivity contribution is -0.00441. The Morgan fingerprint density at radius 2 is 2.10 bits per heavy atom. The minimum Gasteiger partial charge on any atom is -0.448 e. The van der Waals surface area contributed by atoms with Crippen LogP contribution in [0.3, 0.4) is 0 Å². The molecule has 0 radical (unpaired) electrons. The second-order valence-corrected chi connectivity index (χ2v) is 8.52. The SMILES string of the molecule is CC(C)NC(=O)OC[C@H]1C[C@H]2CCN1C[C@@H]2c1cc(-c2ccc(F)cc2)nn1C. The Labute approximate surface area is 171 Å². The zero-order chi connectivity index (χ0) is 20.5. The molecule has 6 nitrogen and oxygen atoms in total. The normalized spacial score (nSPS) is 26.0. The van der Waals surface area contributed by atoms with Gasteiger partial charge in [0.15, 0.2) is 0 Å². The van der Waals surface area contributed by atoms with Crippen LogP contribution in [0.4, 0.5) is 9.18 Å². The Hall–Kier alpha value is -2.41. The fourth-order valence-electron chi connectivity index (χ4n) is 4.69. The number of carbonyl (C=O) groups is 1. The summed E-state index contributed by atoms with van der Waals surface area (Å²) in [5.41, 5.74) is 3.03. The zero-order valence-electron chi connectivity index (χ0n) is 17.3. The van der Waals surface area contributed by atoms with E-state index in [1.165, 1.54) is 17.8 Å². The Morgan fingerprint density at radius 3 is 2.76 bits per heavy atom. The number of alkyl carbamates (subject to hydrolysis) is 1. The first kappa shape index (κ1) is 19.9. The van der Waals surface area contributed by atoms with Crippen molar-refractivity contribution in [1.29, 1.82) is 0 Å². The zero-order valence-corrected chi connectivity index (χ0v) is 17.3. The summed E-state index contributed by atoms with van der Waals surface area (Å²) >= 11 is 0. The van der Waals surface area contributed by atoms with Gasteiger partial charge in [0.1, 0.15) is 12.4 Å². The summed E-state index contributed by atoms with van der Waals surface area (Å²) in [6.07, 6.45) is 1.84. The second kappa shape index (κ2) is 8.14. The lowest BCUT2D eigenvalue weighted by Gasteiger charge is -2.49. The van der Waals surface area contributed by atoms with Crippen LogP contribution in [0.1, 0.15) is 38.3 Å². The van der Waals surface area contributed by atoms with Gasteiger partial charge in [-0.15, -0.1) is 0 Å². The number of halogens is 1. The van der Waals surface area contributed by atoms with Crippen molar-refractivity contribution in [2.24, 2.45) is 13.0 Å². The van der Waals surface area contributed by atoms with E-state index in [-0.39, 0.29) is 24.0 Å². The van der Waals surface area contributed by atoms with Crippen molar-refractivity contribution in [1.82, 2.24) is 20.0 Å². The molecule has 4 atom stereocenters. The van der Waals surface area contributed by atoms with Crippen molar-refractivity contribution in [3.8, 4) is 11.3 Å². The average Bonchev–Trinajstić information content (AvgIpc) is 3.08. The van der Waals surface area contributed by atoms with Gasteiger partial charge < -0.3 is 10.1 Å². The van der Waals surface area contributed by atoms with Gasteiger partial charge in [-0.2, -0.15) is 5.10 Å². The number of carbonyl (C=O) groups excluding carboxylic acids is 1. The van der Waals surface area contributed by atoms with E-state index in [1.54, 1.807) is 12.1 Å². The molecule has 1 aromatic heterocycles. The third-order valence-corrected chi connectivity index (χ3v) is 6.13. The van der Waals surface area contributed by atoms with Gasteiger partial charge in [-0.3, -0.25) is 9.58 Å². The van der Waals surface area contributed by atoms with Crippen LogP contribution >= 0.6 is 0 Å². The largest absolute Gasteiger partial charge is 0.448 e. The van der Waals surface area contributed by atoms with Gasteiger partial charge in [-0.05, 0) is 69.5 Å². The lowest BCUT2D eigenvalue weighted by Crippen LogP contribution is -2.54. The van der Waals surface area contributed by atoms with Crippen LogP contribution in [-0.4, -0.2) is 52.6 Å². The molecule has 1 amide bonds. The molecule has 2 bridgehead atoms. The molecule has 156 valence electrons. The average molecular weight is 400 g/mol. The Balaban J connectivity index is 1.43. The summed E-state index contributed by atoms with van der Waals surface area (Å²) in [4.78, 5) is 14.2.